The summed E-state index contributed by atoms with van der Waals surface area (Å²) in [5, 5.41) is 12.9. The summed E-state index contributed by atoms with van der Waals surface area (Å²) in [6, 6.07) is 8.16. The number of ether oxygens (including phenoxy) is 1. The number of hydrogen-bond donors (Lipinski definition) is 1. The van der Waals surface area contributed by atoms with E-state index in [0.717, 1.165) is 36.9 Å². The van der Waals surface area contributed by atoms with Crippen LogP contribution in [0.15, 0.2) is 47.9 Å². The van der Waals surface area contributed by atoms with Crippen LogP contribution in [-0.4, -0.2) is 6.54 Å². The maximum absolute atomic E-state index is 9.46. The summed E-state index contributed by atoms with van der Waals surface area (Å²) in [6.45, 7) is 1.00. The Bertz CT molecular complexity index is 736. The van der Waals surface area contributed by atoms with Crippen LogP contribution in [0.4, 0.5) is 0 Å². The summed E-state index contributed by atoms with van der Waals surface area (Å²) in [6.07, 6.45) is 11.2. The van der Waals surface area contributed by atoms with Crippen LogP contribution >= 0.6 is 0 Å². The van der Waals surface area contributed by atoms with E-state index in [2.05, 4.69) is 29.6 Å². The molecule has 4 rings (SSSR count). The summed E-state index contributed by atoms with van der Waals surface area (Å²) in [5.41, 5.74) is 4.62. The van der Waals surface area contributed by atoms with Crippen molar-refractivity contribution in [2.24, 2.45) is 0 Å². The Labute approximate surface area is 124 Å². The van der Waals surface area contributed by atoms with Gasteiger partial charge in [0.15, 0.2) is 5.60 Å². The first-order valence-corrected chi connectivity index (χ1v) is 7.36. The van der Waals surface area contributed by atoms with Crippen molar-refractivity contribution in [3.8, 4) is 6.07 Å². The molecule has 1 aromatic carbocycles. The molecule has 1 fully saturated rings. The average Bonchev–Trinajstić information content (AvgIpc) is 2.54. The van der Waals surface area contributed by atoms with E-state index in [0.29, 0.717) is 5.56 Å². The first-order valence-electron chi connectivity index (χ1n) is 7.36. The molecule has 1 N–H and O–H groups in total. The molecule has 3 heteroatoms. The minimum absolute atomic E-state index is 0.542. The zero-order chi connectivity index (χ0) is 14.3. The molecule has 2 aliphatic heterocycles. The maximum atomic E-state index is 9.46. The zero-order valence-corrected chi connectivity index (χ0v) is 11.7. The molecule has 1 atom stereocenters. The fourth-order valence-electron chi connectivity index (χ4n) is 3.44. The van der Waals surface area contributed by atoms with E-state index in [-0.39, 0.29) is 0 Å². The van der Waals surface area contributed by atoms with Crippen molar-refractivity contribution in [3.63, 3.8) is 0 Å². The lowest BCUT2D eigenvalue weighted by atomic mass is 9.78. The SMILES string of the molecule is N#Cc1cccc2c1C1(C=C3NCCCC3=CO1)CC=C2. The van der Waals surface area contributed by atoms with E-state index in [1.54, 1.807) is 0 Å². The Morgan fingerprint density at radius 3 is 3.19 bits per heavy atom. The highest BCUT2D eigenvalue weighted by Gasteiger charge is 2.39. The van der Waals surface area contributed by atoms with E-state index < -0.39 is 5.60 Å². The fraction of sp³-hybridized carbons (Fsp3) is 0.278. The lowest BCUT2D eigenvalue weighted by molar-refractivity contribution is 0.0587. The summed E-state index contributed by atoms with van der Waals surface area (Å²) in [4.78, 5) is 0. The summed E-state index contributed by atoms with van der Waals surface area (Å²) in [7, 11) is 0. The third kappa shape index (κ3) is 1.80. The van der Waals surface area contributed by atoms with Crippen LogP contribution in [0, 0.1) is 11.3 Å². The molecule has 0 saturated carbocycles. The topological polar surface area (TPSA) is 45.0 Å². The number of benzene rings is 1. The molecule has 0 aromatic heterocycles. The van der Waals surface area contributed by atoms with Crippen LogP contribution in [-0.2, 0) is 10.3 Å². The van der Waals surface area contributed by atoms with Crippen molar-refractivity contribution < 1.29 is 4.74 Å². The predicted octanol–water partition coefficient (Wildman–Crippen LogP) is 3.35. The minimum atomic E-state index is -0.542. The maximum Gasteiger partial charge on any atom is 0.159 e. The number of fused-ring (bicyclic) bond motifs is 3. The quantitative estimate of drug-likeness (QED) is 0.790. The Morgan fingerprint density at radius 2 is 2.29 bits per heavy atom. The lowest BCUT2D eigenvalue weighted by Gasteiger charge is -2.39. The van der Waals surface area contributed by atoms with Gasteiger partial charge in [-0.15, -0.1) is 0 Å². The largest absolute Gasteiger partial charge is 0.485 e. The Morgan fingerprint density at radius 1 is 1.33 bits per heavy atom. The van der Waals surface area contributed by atoms with Gasteiger partial charge in [-0.2, -0.15) is 5.26 Å². The summed E-state index contributed by atoms with van der Waals surface area (Å²) in [5.74, 6) is 0. The van der Waals surface area contributed by atoms with Gasteiger partial charge in [0, 0.05) is 29.8 Å². The molecule has 0 amide bonds. The van der Waals surface area contributed by atoms with Crippen LogP contribution in [0.25, 0.3) is 6.08 Å². The van der Waals surface area contributed by atoms with Gasteiger partial charge < -0.3 is 10.1 Å². The molecule has 21 heavy (non-hydrogen) atoms. The van der Waals surface area contributed by atoms with Gasteiger partial charge in [0.25, 0.3) is 0 Å². The lowest BCUT2D eigenvalue weighted by Crippen LogP contribution is -2.35. The molecule has 1 unspecified atom stereocenters. The van der Waals surface area contributed by atoms with E-state index >= 15 is 0 Å². The van der Waals surface area contributed by atoms with Gasteiger partial charge in [-0.3, -0.25) is 0 Å². The molecule has 1 aliphatic carbocycles. The molecular weight excluding hydrogens is 260 g/mol. The number of nitrogens with zero attached hydrogens (tertiary/aromatic N) is 1. The summed E-state index contributed by atoms with van der Waals surface area (Å²) < 4.78 is 6.16. The highest BCUT2D eigenvalue weighted by molar-refractivity contribution is 5.65. The fourth-order valence-corrected chi connectivity index (χ4v) is 3.44. The van der Waals surface area contributed by atoms with Gasteiger partial charge in [0.1, 0.15) is 0 Å². The molecule has 2 heterocycles. The van der Waals surface area contributed by atoms with E-state index in [4.69, 9.17) is 4.74 Å². The van der Waals surface area contributed by atoms with Crippen molar-refractivity contribution in [1.29, 1.82) is 5.26 Å². The van der Waals surface area contributed by atoms with E-state index in [1.807, 2.05) is 24.5 Å². The zero-order valence-electron chi connectivity index (χ0n) is 11.7. The Balaban J connectivity index is 1.89. The molecule has 1 saturated heterocycles. The number of allylic oxidation sites excluding steroid dienone is 1. The third-order valence-corrected chi connectivity index (χ3v) is 4.43. The van der Waals surface area contributed by atoms with E-state index in [1.165, 1.54) is 11.3 Å². The predicted molar refractivity (Wildman–Crippen MR) is 81.0 cm³/mol. The molecule has 104 valence electrons. The molecule has 0 radical (unpaired) electrons. The van der Waals surface area contributed by atoms with Crippen LogP contribution in [0.1, 0.15) is 36.0 Å². The smallest absolute Gasteiger partial charge is 0.159 e. The monoisotopic (exact) mass is 276 g/mol. The Kier molecular flexibility index (Phi) is 2.65. The van der Waals surface area contributed by atoms with Crippen molar-refractivity contribution in [3.05, 3.63) is 64.6 Å². The van der Waals surface area contributed by atoms with Crippen LogP contribution in [0.2, 0.25) is 0 Å². The second-order valence-electron chi connectivity index (χ2n) is 5.73. The third-order valence-electron chi connectivity index (χ3n) is 4.43. The number of nitriles is 1. The average molecular weight is 276 g/mol. The van der Waals surface area contributed by atoms with E-state index in [9.17, 15) is 5.26 Å². The number of piperidine rings is 1. The normalized spacial score (nSPS) is 25.7. The number of hydrogen-bond acceptors (Lipinski definition) is 3. The number of nitrogens with one attached hydrogen (secondary N) is 1. The molecule has 3 aliphatic rings. The second-order valence-corrected chi connectivity index (χ2v) is 5.73. The van der Waals surface area contributed by atoms with Crippen LogP contribution in [0.3, 0.4) is 0 Å². The van der Waals surface area contributed by atoms with Crippen LogP contribution in [0.5, 0.6) is 0 Å². The van der Waals surface area contributed by atoms with Crippen molar-refractivity contribution in [2.75, 3.05) is 6.54 Å². The van der Waals surface area contributed by atoms with Gasteiger partial charge in [0.05, 0.1) is 17.9 Å². The van der Waals surface area contributed by atoms with Crippen molar-refractivity contribution in [2.45, 2.75) is 24.9 Å². The first kappa shape index (κ1) is 12.3. The second kappa shape index (κ2) is 4.53. The first-order chi connectivity index (χ1) is 10.3. The van der Waals surface area contributed by atoms with Crippen molar-refractivity contribution >= 4 is 6.08 Å². The molecule has 1 spiro atoms. The van der Waals surface area contributed by atoms with Gasteiger partial charge in [-0.1, -0.05) is 24.3 Å². The number of rotatable bonds is 0. The highest BCUT2D eigenvalue weighted by atomic mass is 16.5. The molecular formula is C18H16N2O. The van der Waals surface area contributed by atoms with Gasteiger partial charge in [-0.25, -0.2) is 0 Å². The minimum Gasteiger partial charge on any atom is -0.485 e. The van der Waals surface area contributed by atoms with Crippen molar-refractivity contribution in [1.82, 2.24) is 5.32 Å². The molecule has 3 nitrogen and oxygen atoms in total. The Hall–Kier alpha value is -2.47. The van der Waals surface area contributed by atoms with Gasteiger partial charge >= 0.3 is 0 Å². The van der Waals surface area contributed by atoms with Crippen LogP contribution < -0.4 is 5.32 Å². The highest BCUT2D eigenvalue weighted by Crippen LogP contribution is 2.44. The standard InChI is InChI=1S/C18H16N2O/c19-11-14-5-1-4-13-6-2-8-18(17(13)14)10-16-15(12-21-18)7-3-9-20-16/h1-2,4-6,10,12,20H,3,7-9H2. The van der Waals surface area contributed by atoms with Gasteiger partial charge in [0.2, 0.25) is 0 Å². The summed E-state index contributed by atoms with van der Waals surface area (Å²) >= 11 is 0. The molecule has 1 aromatic rings. The van der Waals surface area contributed by atoms with Gasteiger partial charge in [-0.05, 0) is 30.5 Å². The molecule has 0 bridgehead atoms.